The highest BCUT2D eigenvalue weighted by atomic mass is 79.9. The van der Waals surface area contributed by atoms with Crippen molar-refractivity contribution in [3.63, 3.8) is 0 Å². The molecule has 2 atom stereocenters. The molecule has 1 rings (SSSR count). The Kier molecular flexibility index (Phi) is 3.74. The Bertz CT molecular complexity index is 304. The highest BCUT2D eigenvalue weighted by Gasteiger charge is 2.12. The van der Waals surface area contributed by atoms with Gasteiger partial charge in [-0.25, -0.2) is 0 Å². The van der Waals surface area contributed by atoms with Gasteiger partial charge in [-0.15, -0.1) is 0 Å². The third kappa shape index (κ3) is 2.68. The third-order valence-electron chi connectivity index (χ3n) is 1.85. The number of rotatable bonds is 2. The number of aliphatic hydroxyl groups is 1. The van der Waals surface area contributed by atoms with Gasteiger partial charge in [-0.05, 0) is 40.5 Å². The molecule has 0 aliphatic carbocycles. The Morgan fingerprint density at radius 1 is 1.54 bits per heavy atom. The van der Waals surface area contributed by atoms with Crippen molar-refractivity contribution in [1.82, 2.24) is 0 Å². The second-order valence-corrected chi connectivity index (χ2v) is 4.20. The topological polar surface area (TPSA) is 46.2 Å². The summed E-state index contributed by atoms with van der Waals surface area (Å²) in [6.07, 6.45) is -0.572. The van der Waals surface area contributed by atoms with Gasteiger partial charge >= 0.3 is 0 Å². The second kappa shape index (κ2) is 4.42. The Labute approximate surface area is 90.8 Å². The smallest absolute Gasteiger partial charge is 0.0704 e. The first-order valence-corrected chi connectivity index (χ1v) is 5.08. The van der Waals surface area contributed by atoms with Crippen LogP contribution in [0.25, 0.3) is 0 Å². The van der Waals surface area contributed by atoms with Crippen LogP contribution in [0, 0.1) is 0 Å². The van der Waals surface area contributed by atoms with Crippen LogP contribution >= 0.6 is 27.5 Å². The quantitative estimate of drug-likeness (QED) is 0.862. The van der Waals surface area contributed by atoms with Gasteiger partial charge in [-0.1, -0.05) is 17.7 Å². The number of hydrogen-bond acceptors (Lipinski definition) is 2. The Hall–Kier alpha value is -0.0900. The molecule has 0 aliphatic rings. The normalized spacial score (nSPS) is 15.5. The van der Waals surface area contributed by atoms with Crippen LogP contribution in [0.3, 0.4) is 0 Å². The van der Waals surface area contributed by atoms with E-state index >= 15 is 0 Å². The summed E-state index contributed by atoms with van der Waals surface area (Å²) in [5.74, 6) is 0. The fraction of sp³-hybridized carbons (Fsp3) is 0.333. The summed E-state index contributed by atoms with van der Waals surface area (Å²) in [5, 5.41) is 9.86. The number of hydrogen-bond donors (Lipinski definition) is 2. The zero-order valence-electron chi connectivity index (χ0n) is 7.17. The van der Waals surface area contributed by atoms with Gasteiger partial charge in [0, 0.05) is 4.47 Å². The van der Waals surface area contributed by atoms with Crippen LogP contribution in [0.15, 0.2) is 22.7 Å². The van der Waals surface area contributed by atoms with Gasteiger partial charge in [0.05, 0.1) is 17.2 Å². The van der Waals surface area contributed by atoms with Crippen molar-refractivity contribution < 1.29 is 5.11 Å². The van der Waals surface area contributed by atoms with Gasteiger partial charge in [0.25, 0.3) is 0 Å². The van der Waals surface area contributed by atoms with Crippen LogP contribution in [0.1, 0.15) is 18.5 Å². The standard InChI is InChI=1S/C9H11BrClNO/c1-5(13)9(12)6-2-3-7(10)8(11)4-6/h2-5,9,13H,12H2,1H3/t5-,9-/m0/s1. The molecule has 2 nitrogen and oxygen atoms in total. The fourth-order valence-electron chi connectivity index (χ4n) is 0.998. The van der Waals surface area contributed by atoms with Gasteiger partial charge in [0.2, 0.25) is 0 Å². The molecular weight excluding hydrogens is 253 g/mol. The van der Waals surface area contributed by atoms with Crippen LogP contribution in [0.4, 0.5) is 0 Å². The molecular formula is C9H11BrClNO. The van der Waals surface area contributed by atoms with E-state index in [1.165, 1.54) is 0 Å². The lowest BCUT2D eigenvalue weighted by molar-refractivity contribution is 0.164. The van der Waals surface area contributed by atoms with Crippen molar-refractivity contribution in [1.29, 1.82) is 0 Å². The fourth-order valence-corrected chi connectivity index (χ4v) is 1.43. The van der Waals surface area contributed by atoms with E-state index in [4.69, 9.17) is 17.3 Å². The summed E-state index contributed by atoms with van der Waals surface area (Å²) in [7, 11) is 0. The number of nitrogens with two attached hydrogens (primary N) is 1. The van der Waals surface area contributed by atoms with Crippen molar-refractivity contribution in [2.75, 3.05) is 0 Å². The molecule has 0 saturated heterocycles. The van der Waals surface area contributed by atoms with Gasteiger partial charge in [-0.2, -0.15) is 0 Å². The van der Waals surface area contributed by atoms with Gasteiger partial charge in [0.15, 0.2) is 0 Å². The van der Waals surface area contributed by atoms with E-state index in [1.807, 2.05) is 12.1 Å². The van der Waals surface area contributed by atoms with E-state index in [9.17, 15) is 5.11 Å². The van der Waals surface area contributed by atoms with Crippen LogP contribution in [-0.2, 0) is 0 Å². The zero-order chi connectivity index (χ0) is 10.0. The van der Waals surface area contributed by atoms with Crippen LogP contribution in [0.2, 0.25) is 5.02 Å². The molecule has 0 fully saturated rings. The molecule has 0 aromatic heterocycles. The van der Waals surface area contributed by atoms with Crippen molar-refractivity contribution >= 4 is 27.5 Å². The molecule has 13 heavy (non-hydrogen) atoms. The first kappa shape index (κ1) is 11.0. The maximum atomic E-state index is 9.25. The molecule has 0 unspecified atom stereocenters. The Balaban J connectivity index is 2.97. The molecule has 72 valence electrons. The first-order valence-electron chi connectivity index (χ1n) is 3.91. The van der Waals surface area contributed by atoms with Crippen molar-refractivity contribution in [3.05, 3.63) is 33.3 Å². The first-order chi connectivity index (χ1) is 6.02. The Morgan fingerprint density at radius 2 is 2.15 bits per heavy atom. The second-order valence-electron chi connectivity index (χ2n) is 2.94. The van der Waals surface area contributed by atoms with Gasteiger partial charge in [-0.3, -0.25) is 0 Å². The monoisotopic (exact) mass is 263 g/mol. The van der Waals surface area contributed by atoms with Crippen molar-refractivity contribution in [2.24, 2.45) is 5.73 Å². The highest BCUT2D eigenvalue weighted by Crippen LogP contribution is 2.26. The summed E-state index contributed by atoms with van der Waals surface area (Å²) >= 11 is 9.16. The molecule has 0 bridgehead atoms. The average molecular weight is 265 g/mol. The number of aliphatic hydroxyl groups excluding tert-OH is 1. The van der Waals surface area contributed by atoms with E-state index in [0.29, 0.717) is 5.02 Å². The molecule has 3 N–H and O–H groups in total. The van der Waals surface area contributed by atoms with E-state index in [-0.39, 0.29) is 6.04 Å². The largest absolute Gasteiger partial charge is 0.391 e. The summed E-state index contributed by atoms with van der Waals surface area (Å²) in [6, 6.07) is 5.03. The number of benzene rings is 1. The van der Waals surface area contributed by atoms with Crippen molar-refractivity contribution in [3.8, 4) is 0 Å². The SMILES string of the molecule is C[C@H](O)[C@H](N)c1ccc(Br)c(Cl)c1. The van der Waals surface area contributed by atoms with E-state index < -0.39 is 6.10 Å². The molecule has 1 aromatic carbocycles. The van der Waals surface area contributed by atoms with E-state index in [1.54, 1.807) is 13.0 Å². The van der Waals surface area contributed by atoms with Crippen molar-refractivity contribution in [2.45, 2.75) is 19.1 Å². The maximum Gasteiger partial charge on any atom is 0.0704 e. The molecule has 4 heteroatoms. The van der Waals surface area contributed by atoms with Crippen LogP contribution in [-0.4, -0.2) is 11.2 Å². The lowest BCUT2D eigenvalue weighted by atomic mass is 10.0. The molecule has 0 amide bonds. The molecule has 0 heterocycles. The minimum Gasteiger partial charge on any atom is -0.391 e. The average Bonchev–Trinajstić information content (AvgIpc) is 2.08. The van der Waals surface area contributed by atoms with Gasteiger partial charge < -0.3 is 10.8 Å². The summed E-state index contributed by atoms with van der Waals surface area (Å²) in [4.78, 5) is 0. The van der Waals surface area contributed by atoms with Crippen LogP contribution < -0.4 is 5.73 Å². The highest BCUT2D eigenvalue weighted by molar-refractivity contribution is 9.10. The summed E-state index contributed by atoms with van der Waals surface area (Å²) in [6.45, 7) is 1.65. The number of halogens is 2. The predicted octanol–water partition coefficient (Wildman–Crippen LogP) is 2.48. The van der Waals surface area contributed by atoms with Gasteiger partial charge in [0.1, 0.15) is 0 Å². The molecule has 0 saturated carbocycles. The predicted molar refractivity (Wildman–Crippen MR) is 57.8 cm³/mol. The lowest BCUT2D eigenvalue weighted by Gasteiger charge is -2.15. The third-order valence-corrected chi connectivity index (χ3v) is 3.08. The van der Waals surface area contributed by atoms with E-state index in [0.717, 1.165) is 10.0 Å². The summed E-state index contributed by atoms with van der Waals surface area (Å²) < 4.78 is 0.829. The molecule has 0 radical (unpaired) electrons. The maximum absolute atomic E-state index is 9.25. The minimum absolute atomic E-state index is 0.384. The Morgan fingerprint density at radius 3 is 2.62 bits per heavy atom. The summed E-state index contributed by atoms with van der Waals surface area (Å²) in [5.41, 5.74) is 6.57. The minimum atomic E-state index is -0.572. The molecule has 0 spiro atoms. The molecule has 0 aliphatic heterocycles. The lowest BCUT2D eigenvalue weighted by Crippen LogP contribution is -2.22. The molecule has 1 aromatic rings. The van der Waals surface area contributed by atoms with Crippen LogP contribution in [0.5, 0.6) is 0 Å². The zero-order valence-corrected chi connectivity index (χ0v) is 9.51. The van der Waals surface area contributed by atoms with E-state index in [2.05, 4.69) is 15.9 Å².